The SMILES string of the molecule is CCCC[C](CCCC)(CCCC)[Sn][c]1nn(C)c2ccc(C(F)(F)F)cc12. The Labute approximate surface area is 177 Å². The second kappa shape index (κ2) is 10.4. The van der Waals surface area contributed by atoms with E-state index in [4.69, 9.17) is 5.10 Å². The Morgan fingerprint density at radius 2 is 1.46 bits per heavy atom. The third-order valence-corrected chi connectivity index (χ3v) is 11.0. The number of alkyl halides is 3. The van der Waals surface area contributed by atoms with E-state index >= 15 is 0 Å². The number of aromatic nitrogens is 2. The standard InChI is InChI=1S/C13H27.C9H6F3N2.Sn/c1-4-7-10-13(11-8-5-2)12-9-6-3;1-14-8-3-2-7(9(10,11)12)4-6(8)5-13-14;/h4-12H2,1-3H3;2-4H,1H3;. The first kappa shape index (κ1) is 23.6. The minimum atomic E-state index is -4.31. The molecule has 28 heavy (non-hydrogen) atoms. The fourth-order valence-corrected chi connectivity index (χ4v) is 9.44. The van der Waals surface area contributed by atoms with Crippen molar-refractivity contribution < 1.29 is 13.2 Å². The van der Waals surface area contributed by atoms with Gasteiger partial charge in [0.15, 0.2) is 0 Å². The first-order valence-corrected chi connectivity index (χ1v) is 13.4. The molecule has 156 valence electrons. The van der Waals surface area contributed by atoms with Crippen LogP contribution >= 0.6 is 0 Å². The van der Waals surface area contributed by atoms with Crippen LogP contribution in [0.25, 0.3) is 10.9 Å². The van der Waals surface area contributed by atoms with E-state index in [1.165, 1.54) is 69.9 Å². The summed E-state index contributed by atoms with van der Waals surface area (Å²) in [6.07, 6.45) is 6.40. The Hall–Kier alpha value is -0.721. The van der Waals surface area contributed by atoms with Crippen LogP contribution in [0.3, 0.4) is 0 Å². The van der Waals surface area contributed by atoms with Crippen molar-refractivity contribution in [1.82, 2.24) is 9.78 Å². The summed E-state index contributed by atoms with van der Waals surface area (Å²) in [7, 11) is 1.85. The van der Waals surface area contributed by atoms with Crippen LogP contribution in [0.4, 0.5) is 13.2 Å². The maximum absolute atomic E-state index is 13.3. The summed E-state index contributed by atoms with van der Waals surface area (Å²) in [4.78, 5) is 0. The number of halogens is 3. The molecular formula is C22H33F3N2Sn. The van der Waals surface area contributed by atoms with E-state index in [0.717, 1.165) is 14.6 Å². The number of benzene rings is 1. The predicted octanol–water partition coefficient (Wildman–Crippen LogP) is 6.65. The fourth-order valence-electron chi connectivity index (χ4n) is 3.89. The molecule has 0 aliphatic heterocycles. The molecule has 0 saturated carbocycles. The van der Waals surface area contributed by atoms with E-state index in [9.17, 15) is 13.2 Å². The Morgan fingerprint density at radius 1 is 0.929 bits per heavy atom. The van der Waals surface area contributed by atoms with Gasteiger partial charge in [-0.2, -0.15) is 0 Å². The van der Waals surface area contributed by atoms with E-state index in [0.29, 0.717) is 3.43 Å². The summed E-state index contributed by atoms with van der Waals surface area (Å²) in [5, 5.41) is 5.48. The average Bonchev–Trinajstić information content (AvgIpc) is 2.97. The van der Waals surface area contributed by atoms with Gasteiger partial charge in [-0.15, -0.1) is 0 Å². The van der Waals surface area contributed by atoms with Crippen molar-refractivity contribution in [1.29, 1.82) is 0 Å². The molecule has 2 nitrogen and oxygen atoms in total. The van der Waals surface area contributed by atoms with Crippen molar-refractivity contribution in [3.8, 4) is 0 Å². The summed E-state index contributed by atoms with van der Waals surface area (Å²) in [5.41, 5.74) is 0.258. The molecule has 2 aromatic rings. The van der Waals surface area contributed by atoms with Gasteiger partial charge in [-0.3, -0.25) is 0 Å². The van der Waals surface area contributed by atoms with Crippen molar-refractivity contribution in [3.63, 3.8) is 0 Å². The van der Waals surface area contributed by atoms with Gasteiger partial charge in [0, 0.05) is 0 Å². The van der Waals surface area contributed by atoms with Gasteiger partial charge in [-0.05, 0) is 0 Å². The molecule has 0 amide bonds. The number of rotatable bonds is 11. The van der Waals surface area contributed by atoms with Crippen LogP contribution in [0.1, 0.15) is 84.1 Å². The molecule has 0 spiro atoms. The maximum atomic E-state index is 13.3. The van der Waals surface area contributed by atoms with Crippen LogP contribution in [-0.2, 0) is 13.2 Å². The van der Waals surface area contributed by atoms with Crippen molar-refractivity contribution in [2.75, 3.05) is 0 Å². The van der Waals surface area contributed by atoms with Crippen molar-refractivity contribution in [3.05, 3.63) is 23.8 Å². The zero-order chi connectivity index (χ0) is 20.8. The van der Waals surface area contributed by atoms with E-state index in [-0.39, 0.29) is 0 Å². The van der Waals surface area contributed by atoms with Crippen LogP contribution in [0.5, 0.6) is 0 Å². The fraction of sp³-hybridized carbons (Fsp3) is 0.682. The van der Waals surface area contributed by atoms with Crippen LogP contribution in [0.15, 0.2) is 18.2 Å². The normalized spacial score (nSPS) is 12.8. The molecule has 0 saturated heterocycles. The third-order valence-electron chi connectivity index (χ3n) is 5.59. The summed E-state index contributed by atoms with van der Waals surface area (Å²) in [6.45, 7) is 6.67. The van der Waals surface area contributed by atoms with Crippen LogP contribution < -0.4 is 3.71 Å². The third kappa shape index (κ3) is 5.89. The van der Waals surface area contributed by atoms with Gasteiger partial charge in [0.2, 0.25) is 0 Å². The molecule has 2 rings (SSSR count). The van der Waals surface area contributed by atoms with E-state index < -0.39 is 32.9 Å². The molecule has 0 aliphatic rings. The summed E-state index contributed by atoms with van der Waals surface area (Å²) in [5.74, 6) is 0. The number of aryl methyl sites for hydroxylation is 1. The van der Waals surface area contributed by atoms with Gasteiger partial charge in [0.25, 0.3) is 0 Å². The minimum absolute atomic E-state index is 0.306. The van der Waals surface area contributed by atoms with Gasteiger partial charge in [-0.1, -0.05) is 0 Å². The monoisotopic (exact) mass is 502 g/mol. The molecule has 0 atom stereocenters. The molecule has 0 aliphatic carbocycles. The van der Waals surface area contributed by atoms with Crippen LogP contribution in [0, 0.1) is 0 Å². The van der Waals surface area contributed by atoms with Crippen molar-refractivity contribution in [2.45, 2.75) is 88.2 Å². The Kier molecular flexibility index (Phi) is 8.71. The quantitative estimate of drug-likeness (QED) is 0.316. The zero-order valence-electron chi connectivity index (χ0n) is 17.6. The molecule has 1 heterocycles. The van der Waals surface area contributed by atoms with Crippen molar-refractivity contribution in [2.24, 2.45) is 7.05 Å². The van der Waals surface area contributed by atoms with E-state index in [1.807, 2.05) is 7.05 Å². The van der Waals surface area contributed by atoms with Crippen LogP contribution in [0.2, 0.25) is 3.43 Å². The van der Waals surface area contributed by atoms with E-state index in [1.54, 1.807) is 10.7 Å². The number of unbranched alkanes of at least 4 members (excludes halogenated alkanes) is 3. The Bertz CT molecular complexity index is 730. The summed E-state index contributed by atoms with van der Waals surface area (Å²) >= 11 is -1.18. The van der Waals surface area contributed by atoms with Gasteiger partial charge in [-0.25, -0.2) is 0 Å². The molecule has 0 N–H and O–H groups in total. The average molecular weight is 501 g/mol. The molecule has 2 radical (unpaired) electrons. The van der Waals surface area contributed by atoms with E-state index in [2.05, 4.69) is 20.8 Å². The molecule has 6 heteroatoms. The van der Waals surface area contributed by atoms with Gasteiger partial charge in [0.05, 0.1) is 0 Å². The van der Waals surface area contributed by atoms with Gasteiger partial charge in [0.1, 0.15) is 0 Å². The molecule has 1 aromatic heterocycles. The van der Waals surface area contributed by atoms with Gasteiger partial charge < -0.3 is 0 Å². The number of hydrogen-bond acceptors (Lipinski definition) is 1. The first-order valence-electron chi connectivity index (χ1n) is 10.6. The Balaban J connectivity index is 2.47. The first-order chi connectivity index (χ1) is 13.3. The summed E-state index contributed by atoms with van der Waals surface area (Å²) in [6, 6.07) is 4.10. The number of hydrogen-bond donors (Lipinski definition) is 0. The molecule has 0 fully saturated rings. The van der Waals surface area contributed by atoms with Gasteiger partial charge >= 0.3 is 178 Å². The second-order valence-electron chi connectivity index (χ2n) is 7.92. The Morgan fingerprint density at radius 3 is 1.93 bits per heavy atom. The molecule has 0 bridgehead atoms. The van der Waals surface area contributed by atoms with Crippen molar-refractivity contribution >= 4 is 35.8 Å². The summed E-state index contributed by atoms with van der Waals surface area (Å²) < 4.78 is 42.9. The van der Waals surface area contributed by atoms with Crippen LogP contribution in [-0.4, -0.2) is 30.9 Å². The number of nitrogens with zero attached hydrogens (tertiary/aromatic N) is 2. The number of fused-ring (bicyclic) bond motifs is 1. The predicted molar refractivity (Wildman–Crippen MR) is 112 cm³/mol. The zero-order valence-corrected chi connectivity index (χ0v) is 20.5. The second-order valence-corrected chi connectivity index (χ2v) is 13.0. The molecule has 1 aromatic carbocycles. The topological polar surface area (TPSA) is 17.8 Å². The molecule has 0 unspecified atom stereocenters. The molecular weight excluding hydrogens is 468 g/mol.